The molecule has 1 N–H and O–H groups in total. The number of carbonyl (C=O) groups excluding carboxylic acids is 2. The Morgan fingerprint density at radius 3 is 2.79 bits per heavy atom. The Morgan fingerprint density at radius 1 is 1.32 bits per heavy atom. The van der Waals surface area contributed by atoms with Crippen LogP contribution in [0.4, 0.5) is 10.5 Å². The molecule has 4 heteroatoms. The summed E-state index contributed by atoms with van der Waals surface area (Å²) < 4.78 is 0. The summed E-state index contributed by atoms with van der Waals surface area (Å²) in [6.45, 7) is 4.93. The Bertz CT molecular complexity index is 535. The molecule has 0 saturated heterocycles. The van der Waals surface area contributed by atoms with Crippen molar-refractivity contribution in [1.29, 1.82) is 0 Å². The SMILES string of the molecule is CC(=O)c1cccc(NC(=O)N2CCC=C(C)C2)c1. The number of carbonyl (C=O) groups is 2. The van der Waals surface area contributed by atoms with Gasteiger partial charge in [-0.25, -0.2) is 4.79 Å². The van der Waals surface area contributed by atoms with E-state index in [0.29, 0.717) is 17.8 Å². The van der Waals surface area contributed by atoms with Gasteiger partial charge in [-0.15, -0.1) is 0 Å². The number of hydrogen-bond donors (Lipinski definition) is 1. The molecule has 1 heterocycles. The van der Waals surface area contributed by atoms with E-state index in [-0.39, 0.29) is 11.8 Å². The van der Waals surface area contributed by atoms with Crippen molar-refractivity contribution in [1.82, 2.24) is 4.90 Å². The van der Waals surface area contributed by atoms with Gasteiger partial charge in [-0.05, 0) is 32.4 Å². The average molecular weight is 258 g/mol. The van der Waals surface area contributed by atoms with Crippen molar-refractivity contribution in [3.8, 4) is 0 Å². The Hall–Kier alpha value is -2.10. The fourth-order valence-corrected chi connectivity index (χ4v) is 2.10. The second-order valence-corrected chi connectivity index (χ2v) is 4.83. The number of amides is 2. The highest BCUT2D eigenvalue weighted by atomic mass is 16.2. The molecule has 2 rings (SSSR count). The Balaban J connectivity index is 2.04. The molecule has 0 bridgehead atoms. The minimum atomic E-state index is -0.117. The number of nitrogens with zero attached hydrogens (tertiary/aromatic N) is 1. The number of urea groups is 1. The zero-order valence-corrected chi connectivity index (χ0v) is 11.3. The molecule has 0 radical (unpaired) electrons. The minimum Gasteiger partial charge on any atom is -0.320 e. The first-order valence-corrected chi connectivity index (χ1v) is 6.39. The lowest BCUT2D eigenvalue weighted by Crippen LogP contribution is -2.38. The third-order valence-electron chi connectivity index (χ3n) is 3.14. The van der Waals surface area contributed by atoms with Gasteiger partial charge in [0.2, 0.25) is 0 Å². The molecular formula is C15H18N2O2. The lowest BCUT2D eigenvalue weighted by atomic mass is 10.1. The van der Waals surface area contributed by atoms with Crippen LogP contribution in [-0.4, -0.2) is 29.8 Å². The highest BCUT2D eigenvalue weighted by Crippen LogP contribution is 2.14. The van der Waals surface area contributed by atoms with Crippen LogP contribution >= 0.6 is 0 Å². The van der Waals surface area contributed by atoms with Gasteiger partial charge in [-0.3, -0.25) is 4.79 Å². The van der Waals surface area contributed by atoms with E-state index >= 15 is 0 Å². The zero-order valence-electron chi connectivity index (χ0n) is 11.3. The van der Waals surface area contributed by atoms with E-state index in [9.17, 15) is 9.59 Å². The van der Waals surface area contributed by atoms with Crippen molar-refractivity contribution in [2.24, 2.45) is 0 Å². The third kappa shape index (κ3) is 3.44. The summed E-state index contributed by atoms with van der Waals surface area (Å²) >= 11 is 0. The van der Waals surface area contributed by atoms with E-state index in [1.807, 2.05) is 6.92 Å². The summed E-state index contributed by atoms with van der Waals surface area (Å²) in [5.74, 6) is -0.00662. The van der Waals surface area contributed by atoms with Crippen LogP contribution < -0.4 is 5.32 Å². The smallest absolute Gasteiger partial charge is 0.320 e. The van der Waals surface area contributed by atoms with Crippen molar-refractivity contribution < 1.29 is 9.59 Å². The van der Waals surface area contributed by atoms with Crippen LogP contribution in [0, 0.1) is 0 Å². The van der Waals surface area contributed by atoms with E-state index in [1.54, 1.807) is 29.2 Å². The maximum atomic E-state index is 12.1. The summed E-state index contributed by atoms with van der Waals surface area (Å²) in [7, 11) is 0. The van der Waals surface area contributed by atoms with Gasteiger partial charge in [-0.2, -0.15) is 0 Å². The molecule has 4 nitrogen and oxygen atoms in total. The molecule has 0 saturated carbocycles. The molecule has 2 amide bonds. The van der Waals surface area contributed by atoms with Gasteiger partial charge in [0.15, 0.2) is 5.78 Å². The van der Waals surface area contributed by atoms with Crippen LogP contribution in [0.5, 0.6) is 0 Å². The molecule has 1 aliphatic heterocycles. The number of Topliss-reactive ketones (excluding diaryl/α,β-unsaturated/α-hetero) is 1. The summed E-state index contributed by atoms with van der Waals surface area (Å²) in [5, 5.41) is 2.84. The molecule has 19 heavy (non-hydrogen) atoms. The predicted octanol–water partition coefficient (Wildman–Crippen LogP) is 3.07. The molecular weight excluding hydrogens is 240 g/mol. The number of ketones is 1. The highest BCUT2D eigenvalue weighted by molar-refractivity contribution is 5.96. The third-order valence-corrected chi connectivity index (χ3v) is 3.14. The fraction of sp³-hybridized carbons (Fsp3) is 0.333. The number of nitrogens with one attached hydrogen (secondary N) is 1. The van der Waals surface area contributed by atoms with Crippen LogP contribution in [-0.2, 0) is 0 Å². The van der Waals surface area contributed by atoms with Crippen molar-refractivity contribution in [3.05, 3.63) is 41.5 Å². The molecule has 100 valence electrons. The van der Waals surface area contributed by atoms with Gasteiger partial charge < -0.3 is 10.2 Å². The quantitative estimate of drug-likeness (QED) is 0.654. The maximum absolute atomic E-state index is 12.1. The second-order valence-electron chi connectivity index (χ2n) is 4.83. The van der Waals surface area contributed by atoms with E-state index < -0.39 is 0 Å². The van der Waals surface area contributed by atoms with Crippen molar-refractivity contribution >= 4 is 17.5 Å². The average Bonchev–Trinajstić information content (AvgIpc) is 2.39. The summed E-state index contributed by atoms with van der Waals surface area (Å²) in [6.07, 6.45) is 3.05. The summed E-state index contributed by atoms with van der Waals surface area (Å²) in [5.41, 5.74) is 2.47. The summed E-state index contributed by atoms with van der Waals surface area (Å²) in [4.78, 5) is 25.2. The van der Waals surface area contributed by atoms with Crippen molar-refractivity contribution in [2.75, 3.05) is 18.4 Å². The first kappa shape index (κ1) is 13.3. The molecule has 0 atom stereocenters. The van der Waals surface area contributed by atoms with Gasteiger partial charge in [0.1, 0.15) is 0 Å². The predicted molar refractivity (Wildman–Crippen MR) is 75.4 cm³/mol. The maximum Gasteiger partial charge on any atom is 0.322 e. The van der Waals surface area contributed by atoms with Gasteiger partial charge in [0.25, 0.3) is 0 Å². The molecule has 0 aromatic heterocycles. The van der Waals surface area contributed by atoms with Gasteiger partial charge >= 0.3 is 6.03 Å². The molecule has 0 unspecified atom stereocenters. The van der Waals surface area contributed by atoms with Gasteiger partial charge in [0.05, 0.1) is 0 Å². The number of anilines is 1. The van der Waals surface area contributed by atoms with Crippen LogP contribution in [0.3, 0.4) is 0 Å². The normalized spacial score (nSPS) is 14.8. The van der Waals surface area contributed by atoms with E-state index in [0.717, 1.165) is 13.0 Å². The highest BCUT2D eigenvalue weighted by Gasteiger charge is 2.16. The van der Waals surface area contributed by atoms with Gasteiger partial charge in [0, 0.05) is 24.3 Å². The first-order valence-electron chi connectivity index (χ1n) is 6.39. The number of hydrogen-bond acceptors (Lipinski definition) is 2. The largest absolute Gasteiger partial charge is 0.322 e. The topological polar surface area (TPSA) is 49.4 Å². The molecule has 0 spiro atoms. The van der Waals surface area contributed by atoms with Crippen molar-refractivity contribution in [3.63, 3.8) is 0 Å². The molecule has 0 fully saturated rings. The fourth-order valence-electron chi connectivity index (χ4n) is 2.10. The zero-order chi connectivity index (χ0) is 13.8. The molecule has 1 aliphatic rings. The second kappa shape index (κ2) is 5.69. The first-order chi connectivity index (χ1) is 9.06. The van der Waals surface area contributed by atoms with E-state index in [1.165, 1.54) is 12.5 Å². The van der Waals surface area contributed by atoms with Crippen LogP contribution in [0.15, 0.2) is 35.9 Å². The Kier molecular flexibility index (Phi) is 4.00. The van der Waals surface area contributed by atoms with Gasteiger partial charge in [-0.1, -0.05) is 23.8 Å². The molecule has 1 aromatic carbocycles. The Labute approximate surface area is 113 Å². The standard InChI is InChI=1S/C15H18N2O2/c1-11-5-4-8-17(10-11)15(19)16-14-7-3-6-13(9-14)12(2)18/h3,5-7,9H,4,8,10H2,1-2H3,(H,16,19). The minimum absolute atomic E-state index is 0.00662. The lowest BCUT2D eigenvalue weighted by molar-refractivity contribution is 0.101. The van der Waals surface area contributed by atoms with Crippen LogP contribution in [0.25, 0.3) is 0 Å². The van der Waals surface area contributed by atoms with E-state index in [2.05, 4.69) is 11.4 Å². The van der Waals surface area contributed by atoms with Crippen LogP contribution in [0.1, 0.15) is 30.6 Å². The molecule has 1 aromatic rings. The van der Waals surface area contributed by atoms with Crippen LogP contribution in [0.2, 0.25) is 0 Å². The summed E-state index contributed by atoms with van der Waals surface area (Å²) in [6, 6.07) is 6.89. The number of rotatable bonds is 2. The number of benzene rings is 1. The Morgan fingerprint density at radius 2 is 2.11 bits per heavy atom. The molecule has 0 aliphatic carbocycles. The van der Waals surface area contributed by atoms with Crippen molar-refractivity contribution in [2.45, 2.75) is 20.3 Å². The lowest BCUT2D eigenvalue weighted by Gasteiger charge is -2.26. The monoisotopic (exact) mass is 258 g/mol. The van der Waals surface area contributed by atoms with E-state index in [4.69, 9.17) is 0 Å².